The van der Waals surface area contributed by atoms with Gasteiger partial charge in [-0.2, -0.15) is 0 Å². The molecule has 2 aromatic heterocycles. The van der Waals surface area contributed by atoms with Gasteiger partial charge in [0, 0.05) is 18.3 Å². The van der Waals surface area contributed by atoms with Crippen molar-refractivity contribution < 1.29 is 18.7 Å². The second-order valence-electron chi connectivity index (χ2n) is 5.71. The van der Waals surface area contributed by atoms with Crippen molar-refractivity contribution in [1.29, 1.82) is 0 Å². The molecule has 1 aromatic carbocycles. The van der Waals surface area contributed by atoms with Gasteiger partial charge >= 0.3 is 5.97 Å². The van der Waals surface area contributed by atoms with Crippen LogP contribution in [0.2, 0.25) is 0 Å². The fourth-order valence-corrected chi connectivity index (χ4v) is 2.80. The Bertz CT molecular complexity index is 968. The van der Waals surface area contributed by atoms with E-state index in [1.165, 1.54) is 0 Å². The zero-order valence-electron chi connectivity index (χ0n) is 14.5. The number of H-pyrrole nitrogens is 1. The van der Waals surface area contributed by atoms with Crippen molar-refractivity contribution >= 4 is 28.7 Å². The van der Waals surface area contributed by atoms with Crippen LogP contribution in [0.1, 0.15) is 44.9 Å². The second-order valence-corrected chi connectivity index (χ2v) is 5.71. The lowest BCUT2D eigenvalue weighted by atomic mass is 10.1. The van der Waals surface area contributed by atoms with Crippen LogP contribution in [0, 0.1) is 20.8 Å². The highest BCUT2D eigenvalue weighted by Gasteiger charge is 2.23. The Balaban J connectivity index is 1.87. The van der Waals surface area contributed by atoms with Gasteiger partial charge in [0.05, 0.1) is 12.2 Å². The van der Waals surface area contributed by atoms with Crippen LogP contribution in [-0.4, -0.2) is 28.5 Å². The number of fused-ring (bicyclic) bond motifs is 1. The van der Waals surface area contributed by atoms with E-state index in [9.17, 15) is 9.59 Å². The SMILES string of the molecule is CCOC(=O)c1c(C)[nH]c(C(=O)Nc2ccc3oc(C)nc3c2)c1C. The molecule has 0 saturated carbocycles. The maximum absolute atomic E-state index is 12.6. The Kier molecular flexibility index (Phi) is 4.31. The molecule has 25 heavy (non-hydrogen) atoms. The number of aryl methyl sites for hydroxylation is 2. The first-order valence-corrected chi connectivity index (χ1v) is 7.95. The lowest BCUT2D eigenvalue weighted by Crippen LogP contribution is -2.14. The molecular formula is C18H19N3O4. The van der Waals surface area contributed by atoms with Crippen LogP contribution in [0.15, 0.2) is 22.6 Å². The van der Waals surface area contributed by atoms with E-state index in [-0.39, 0.29) is 12.5 Å². The van der Waals surface area contributed by atoms with E-state index in [1.54, 1.807) is 45.9 Å². The van der Waals surface area contributed by atoms with Gasteiger partial charge in [0.25, 0.3) is 5.91 Å². The monoisotopic (exact) mass is 341 g/mol. The third kappa shape index (κ3) is 3.13. The number of aromatic nitrogens is 2. The van der Waals surface area contributed by atoms with Gasteiger partial charge < -0.3 is 19.5 Å². The molecule has 130 valence electrons. The zero-order chi connectivity index (χ0) is 18.1. The number of carbonyl (C=O) groups excluding carboxylic acids is 2. The summed E-state index contributed by atoms with van der Waals surface area (Å²) in [5.74, 6) is -0.212. The molecular weight excluding hydrogens is 322 g/mol. The summed E-state index contributed by atoms with van der Waals surface area (Å²) >= 11 is 0. The Morgan fingerprint density at radius 1 is 1.28 bits per heavy atom. The number of rotatable bonds is 4. The molecule has 0 spiro atoms. The minimum absolute atomic E-state index is 0.279. The minimum atomic E-state index is -0.438. The summed E-state index contributed by atoms with van der Waals surface area (Å²) in [5.41, 5.74) is 3.81. The van der Waals surface area contributed by atoms with E-state index in [1.807, 2.05) is 0 Å². The number of amides is 1. The fourth-order valence-electron chi connectivity index (χ4n) is 2.80. The van der Waals surface area contributed by atoms with Gasteiger partial charge in [-0.3, -0.25) is 4.79 Å². The topological polar surface area (TPSA) is 97.2 Å². The highest BCUT2D eigenvalue weighted by atomic mass is 16.5. The molecule has 3 aromatic rings. The Hall–Kier alpha value is -3.09. The molecule has 2 N–H and O–H groups in total. The molecule has 0 bridgehead atoms. The molecule has 0 fully saturated rings. The molecule has 0 radical (unpaired) electrons. The van der Waals surface area contributed by atoms with Crippen LogP contribution in [0.25, 0.3) is 11.1 Å². The first-order valence-electron chi connectivity index (χ1n) is 7.95. The molecule has 0 atom stereocenters. The van der Waals surface area contributed by atoms with Crippen LogP contribution in [-0.2, 0) is 4.74 Å². The average molecular weight is 341 g/mol. The number of hydrogen-bond donors (Lipinski definition) is 2. The highest BCUT2D eigenvalue weighted by Crippen LogP contribution is 2.22. The summed E-state index contributed by atoms with van der Waals surface area (Å²) in [6.07, 6.45) is 0. The van der Waals surface area contributed by atoms with Crippen molar-refractivity contribution in [2.45, 2.75) is 27.7 Å². The Labute approximate surface area is 144 Å². The van der Waals surface area contributed by atoms with E-state index >= 15 is 0 Å². The molecule has 0 aliphatic rings. The number of esters is 1. The largest absolute Gasteiger partial charge is 0.462 e. The second kappa shape index (κ2) is 6.43. The van der Waals surface area contributed by atoms with Crippen molar-refractivity contribution in [3.8, 4) is 0 Å². The summed E-state index contributed by atoms with van der Waals surface area (Å²) in [7, 11) is 0. The third-order valence-electron chi connectivity index (χ3n) is 3.90. The number of nitrogens with zero attached hydrogens (tertiary/aromatic N) is 1. The van der Waals surface area contributed by atoms with Crippen LogP contribution >= 0.6 is 0 Å². The number of carbonyl (C=O) groups is 2. The summed E-state index contributed by atoms with van der Waals surface area (Å²) in [4.78, 5) is 31.8. The van der Waals surface area contributed by atoms with Crippen molar-refractivity contribution in [1.82, 2.24) is 9.97 Å². The molecule has 7 nitrogen and oxygen atoms in total. The molecule has 3 rings (SSSR count). The van der Waals surface area contributed by atoms with Gasteiger partial charge in [-0.25, -0.2) is 9.78 Å². The number of anilines is 1. The first kappa shape index (κ1) is 16.8. The van der Waals surface area contributed by atoms with Crippen LogP contribution in [0.4, 0.5) is 5.69 Å². The van der Waals surface area contributed by atoms with Crippen molar-refractivity contribution in [3.63, 3.8) is 0 Å². The van der Waals surface area contributed by atoms with Crippen LogP contribution in [0.5, 0.6) is 0 Å². The van der Waals surface area contributed by atoms with Gasteiger partial charge in [0.1, 0.15) is 11.2 Å². The Morgan fingerprint density at radius 2 is 2.04 bits per heavy atom. The number of nitrogens with one attached hydrogen (secondary N) is 2. The Morgan fingerprint density at radius 3 is 2.76 bits per heavy atom. The highest BCUT2D eigenvalue weighted by molar-refractivity contribution is 6.07. The van der Waals surface area contributed by atoms with Gasteiger partial charge in [-0.15, -0.1) is 0 Å². The van der Waals surface area contributed by atoms with E-state index < -0.39 is 5.97 Å². The normalized spacial score (nSPS) is 10.9. The predicted octanol–water partition coefficient (Wildman–Crippen LogP) is 3.51. The lowest BCUT2D eigenvalue weighted by molar-refractivity contribution is 0.0525. The molecule has 0 unspecified atom stereocenters. The molecule has 1 amide bonds. The summed E-state index contributed by atoms with van der Waals surface area (Å²) in [6.45, 7) is 7.24. The lowest BCUT2D eigenvalue weighted by Gasteiger charge is -2.05. The average Bonchev–Trinajstić information content (AvgIpc) is 3.05. The molecule has 7 heteroatoms. The molecule has 0 aliphatic heterocycles. The maximum atomic E-state index is 12.6. The van der Waals surface area contributed by atoms with E-state index in [2.05, 4.69) is 15.3 Å². The quantitative estimate of drug-likeness (QED) is 0.708. The number of hydrogen-bond acceptors (Lipinski definition) is 5. The van der Waals surface area contributed by atoms with E-state index in [0.29, 0.717) is 45.2 Å². The maximum Gasteiger partial charge on any atom is 0.340 e. The van der Waals surface area contributed by atoms with Crippen LogP contribution in [0.3, 0.4) is 0 Å². The number of benzene rings is 1. The standard InChI is InChI=1S/C18H19N3O4/c1-5-24-18(23)15-9(2)16(19-10(15)3)17(22)21-12-6-7-14-13(8-12)20-11(4)25-14/h6-8,19H,5H2,1-4H3,(H,21,22). The van der Waals surface area contributed by atoms with Gasteiger partial charge in [-0.1, -0.05) is 0 Å². The number of ether oxygens (including phenoxy) is 1. The van der Waals surface area contributed by atoms with Crippen molar-refractivity contribution in [2.75, 3.05) is 11.9 Å². The van der Waals surface area contributed by atoms with Crippen LogP contribution < -0.4 is 5.32 Å². The summed E-state index contributed by atoms with van der Waals surface area (Å²) in [5, 5.41) is 2.81. The number of oxazole rings is 1. The fraction of sp³-hybridized carbons (Fsp3) is 0.278. The van der Waals surface area contributed by atoms with E-state index in [0.717, 1.165) is 0 Å². The van der Waals surface area contributed by atoms with Gasteiger partial charge in [0.2, 0.25) is 0 Å². The first-order chi connectivity index (χ1) is 11.9. The summed E-state index contributed by atoms with van der Waals surface area (Å²) < 4.78 is 10.5. The zero-order valence-corrected chi connectivity index (χ0v) is 14.5. The van der Waals surface area contributed by atoms with Crippen molar-refractivity contribution in [2.24, 2.45) is 0 Å². The minimum Gasteiger partial charge on any atom is -0.462 e. The number of aromatic amines is 1. The smallest absolute Gasteiger partial charge is 0.340 e. The van der Waals surface area contributed by atoms with Gasteiger partial charge in [0.15, 0.2) is 11.5 Å². The molecule has 2 heterocycles. The third-order valence-corrected chi connectivity index (χ3v) is 3.90. The predicted molar refractivity (Wildman–Crippen MR) is 92.9 cm³/mol. The summed E-state index contributed by atoms with van der Waals surface area (Å²) in [6, 6.07) is 5.23. The molecule has 0 saturated heterocycles. The van der Waals surface area contributed by atoms with E-state index in [4.69, 9.17) is 9.15 Å². The molecule has 0 aliphatic carbocycles. The van der Waals surface area contributed by atoms with Crippen molar-refractivity contribution in [3.05, 3.63) is 46.6 Å². The van der Waals surface area contributed by atoms with Gasteiger partial charge in [-0.05, 0) is 44.5 Å².